The van der Waals surface area contributed by atoms with Gasteiger partial charge in [0, 0.05) is 14.7 Å². The van der Waals surface area contributed by atoms with Crippen LogP contribution in [0.4, 0.5) is 0 Å². The van der Waals surface area contributed by atoms with Crippen molar-refractivity contribution in [2.75, 3.05) is 0 Å². The summed E-state index contributed by atoms with van der Waals surface area (Å²) in [7, 11) is 0. The Balaban J connectivity index is 2.13. The number of aliphatic hydroxyl groups is 1. The van der Waals surface area contributed by atoms with Crippen molar-refractivity contribution >= 4 is 37.4 Å². The molecule has 0 saturated heterocycles. The number of halogens is 1. The van der Waals surface area contributed by atoms with Gasteiger partial charge in [-0.2, -0.15) is 0 Å². The van der Waals surface area contributed by atoms with Crippen molar-refractivity contribution in [1.29, 1.82) is 0 Å². The maximum Gasteiger partial charge on any atom is 0.106 e. The normalized spacial score (nSPS) is 12.8. The highest BCUT2D eigenvalue weighted by Crippen LogP contribution is 2.33. The summed E-state index contributed by atoms with van der Waals surface area (Å²) in [5.41, 5.74) is 3.04. The van der Waals surface area contributed by atoms with Crippen LogP contribution < -0.4 is 0 Å². The fraction of sp³-hybridized carbons (Fsp3) is 0.125. The van der Waals surface area contributed by atoms with Crippen molar-refractivity contribution < 1.29 is 5.11 Å². The first kappa shape index (κ1) is 12.9. The molecule has 0 bridgehead atoms. The minimum absolute atomic E-state index is 0.574. The highest BCUT2D eigenvalue weighted by molar-refractivity contribution is 9.10. The zero-order chi connectivity index (χ0) is 13.4. The summed E-state index contributed by atoms with van der Waals surface area (Å²) < 4.78 is 2.20. The molecule has 1 nitrogen and oxygen atoms in total. The Morgan fingerprint density at radius 2 is 1.95 bits per heavy atom. The van der Waals surface area contributed by atoms with Gasteiger partial charge >= 0.3 is 0 Å². The molecule has 0 radical (unpaired) electrons. The lowest BCUT2D eigenvalue weighted by Gasteiger charge is -2.15. The molecule has 19 heavy (non-hydrogen) atoms. The topological polar surface area (TPSA) is 20.2 Å². The number of rotatable bonds is 2. The number of aliphatic hydroxyl groups excluding tert-OH is 1. The molecule has 0 spiro atoms. The number of benzene rings is 2. The predicted octanol–water partition coefficient (Wildman–Crippen LogP) is 5.05. The van der Waals surface area contributed by atoms with Gasteiger partial charge in [-0.25, -0.2) is 0 Å². The van der Waals surface area contributed by atoms with Crippen molar-refractivity contribution in [3.63, 3.8) is 0 Å². The van der Waals surface area contributed by atoms with Gasteiger partial charge in [-0.05, 0) is 47.0 Å². The molecule has 96 valence electrons. The van der Waals surface area contributed by atoms with E-state index >= 15 is 0 Å². The molecular formula is C16H13BrOS. The van der Waals surface area contributed by atoms with Crippen molar-refractivity contribution in [2.24, 2.45) is 0 Å². The van der Waals surface area contributed by atoms with Crippen LogP contribution in [-0.2, 0) is 0 Å². The van der Waals surface area contributed by atoms with Gasteiger partial charge in [0.05, 0.1) is 0 Å². The second-order valence-electron chi connectivity index (χ2n) is 4.59. The van der Waals surface area contributed by atoms with E-state index in [0.717, 1.165) is 25.9 Å². The minimum Gasteiger partial charge on any atom is -0.384 e. The quantitative estimate of drug-likeness (QED) is 0.695. The summed E-state index contributed by atoms with van der Waals surface area (Å²) in [6.45, 7) is 2.03. The van der Waals surface area contributed by atoms with Crippen molar-refractivity contribution in [3.05, 3.63) is 69.0 Å². The van der Waals surface area contributed by atoms with E-state index in [1.165, 1.54) is 5.39 Å². The number of hydrogen-bond donors (Lipinski definition) is 1. The molecule has 1 atom stereocenters. The molecule has 0 aliphatic rings. The van der Waals surface area contributed by atoms with Crippen molar-refractivity contribution in [1.82, 2.24) is 0 Å². The number of fused-ring (bicyclic) bond motifs is 1. The average Bonchev–Trinajstić information content (AvgIpc) is 2.86. The van der Waals surface area contributed by atoms with E-state index in [1.54, 1.807) is 11.3 Å². The van der Waals surface area contributed by atoms with Gasteiger partial charge in [-0.15, -0.1) is 11.3 Å². The van der Waals surface area contributed by atoms with Crippen LogP contribution in [0.1, 0.15) is 22.8 Å². The summed E-state index contributed by atoms with van der Waals surface area (Å²) in [5.74, 6) is 0. The molecule has 0 fully saturated rings. The van der Waals surface area contributed by atoms with E-state index in [0.29, 0.717) is 0 Å². The third kappa shape index (κ3) is 2.34. The molecule has 3 aromatic rings. The van der Waals surface area contributed by atoms with Gasteiger partial charge < -0.3 is 5.11 Å². The summed E-state index contributed by atoms with van der Waals surface area (Å²) >= 11 is 5.13. The third-order valence-corrected chi connectivity index (χ3v) is 4.80. The molecule has 1 N–H and O–H groups in total. The fourth-order valence-electron chi connectivity index (χ4n) is 2.34. The van der Waals surface area contributed by atoms with Crippen LogP contribution in [0.15, 0.2) is 52.3 Å². The molecule has 2 aromatic carbocycles. The van der Waals surface area contributed by atoms with Gasteiger partial charge in [-0.3, -0.25) is 0 Å². The summed E-state index contributed by atoms with van der Waals surface area (Å²) in [6.07, 6.45) is -0.574. The van der Waals surface area contributed by atoms with Crippen LogP contribution in [0.2, 0.25) is 0 Å². The van der Waals surface area contributed by atoms with Gasteiger partial charge in [0.1, 0.15) is 6.10 Å². The molecule has 0 aliphatic heterocycles. The minimum atomic E-state index is -0.574. The van der Waals surface area contributed by atoms with Gasteiger partial charge in [0.15, 0.2) is 0 Å². The zero-order valence-corrected chi connectivity index (χ0v) is 12.8. The Kier molecular flexibility index (Phi) is 3.44. The summed E-state index contributed by atoms with van der Waals surface area (Å²) in [4.78, 5) is 0. The summed E-state index contributed by atoms with van der Waals surface area (Å²) in [6, 6.07) is 14.2. The molecule has 1 heterocycles. The first-order chi connectivity index (χ1) is 9.16. The predicted molar refractivity (Wildman–Crippen MR) is 84.8 cm³/mol. The Labute approximate surface area is 124 Å². The number of thiophene rings is 1. The molecule has 0 amide bonds. The molecule has 0 aliphatic carbocycles. The van der Waals surface area contributed by atoms with Crippen LogP contribution in [0.3, 0.4) is 0 Å². The van der Waals surface area contributed by atoms with E-state index in [1.807, 2.05) is 37.3 Å². The summed E-state index contributed by atoms with van der Waals surface area (Å²) in [5, 5.41) is 13.9. The zero-order valence-electron chi connectivity index (χ0n) is 10.4. The van der Waals surface area contributed by atoms with E-state index in [-0.39, 0.29) is 0 Å². The molecule has 0 saturated carbocycles. The largest absolute Gasteiger partial charge is 0.384 e. The average molecular weight is 333 g/mol. The van der Waals surface area contributed by atoms with Crippen LogP contribution in [0.25, 0.3) is 10.1 Å². The van der Waals surface area contributed by atoms with Gasteiger partial charge in [0.2, 0.25) is 0 Å². The van der Waals surface area contributed by atoms with Gasteiger partial charge in [0.25, 0.3) is 0 Å². The third-order valence-electron chi connectivity index (χ3n) is 3.33. The van der Waals surface area contributed by atoms with E-state index < -0.39 is 6.10 Å². The molecule has 3 rings (SSSR count). The number of aryl methyl sites for hydroxylation is 1. The van der Waals surface area contributed by atoms with Crippen molar-refractivity contribution in [2.45, 2.75) is 13.0 Å². The first-order valence-corrected chi connectivity index (χ1v) is 7.74. The van der Waals surface area contributed by atoms with E-state index in [4.69, 9.17) is 0 Å². The molecular weight excluding hydrogens is 320 g/mol. The van der Waals surface area contributed by atoms with E-state index in [9.17, 15) is 5.11 Å². The maximum absolute atomic E-state index is 10.7. The molecule has 3 heteroatoms. The Hall–Kier alpha value is -1.16. The SMILES string of the molecule is Cc1cc(Br)ccc1C(O)c1cccc2ccsc12. The van der Waals surface area contributed by atoms with Crippen LogP contribution in [0, 0.1) is 6.92 Å². The Morgan fingerprint density at radius 1 is 1.11 bits per heavy atom. The highest BCUT2D eigenvalue weighted by atomic mass is 79.9. The number of hydrogen-bond acceptors (Lipinski definition) is 2. The monoisotopic (exact) mass is 332 g/mol. The lowest BCUT2D eigenvalue weighted by Crippen LogP contribution is -2.02. The lowest BCUT2D eigenvalue weighted by atomic mass is 9.97. The Bertz CT molecular complexity index is 732. The standard InChI is InChI=1S/C16H13BrOS/c1-10-9-12(17)5-6-13(10)15(18)14-4-2-3-11-7-8-19-16(11)14/h2-9,15,18H,1H3. The lowest BCUT2D eigenvalue weighted by molar-refractivity contribution is 0.221. The van der Waals surface area contributed by atoms with Crippen LogP contribution >= 0.6 is 27.3 Å². The van der Waals surface area contributed by atoms with Crippen molar-refractivity contribution in [3.8, 4) is 0 Å². The fourth-order valence-corrected chi connectivity index (χ4v) is 3.76. The molecule has 1 unspecified atom stereocenters. The second kappa shape index (κ2) is 5.08. The van der Waals surface area contributed by atoms with Crippen LogP contribution in [0.5, 0.6) is 0 Å². The second-order valence-corrected chi connectivity index (χ2v) is 6.42. The molecule has 1 aromatic heterocycles. The highest BCUT2D eigenvalue weighted by Gasteiger charge is 2.16. The Morgan fingerprint density at radius 3 is 2.74 bits per heavy atom. The maximum atomic E-state index is 10.7. The smallest absolute Gasteiger partial charge is 0.106 e. The van der Waals surface area contributed by atoms with Crippen LogP contribution in [-0.4, -0.2) is 5.11 Å². The van der Waals surface area contributed by atoms with E-state index in [2.05, 4.69) is 33.4 Å². The van der Waals surface area contributed by atoms with Gasteiger partial charge in [-0.1, -0.05) is 40.2 Å². The first-order valence-electron chi connectivity index (χ1n) is 6.07.